The summed E-state index contributed by atoms with van der Waals surface area (Å²) in [7, 11) is 0. The Hall–Kier alpha value is -8.74. The van der Waals surface area contributed by atoms with Gasteiger partial charge in [0.2, 0.25) is 0 Å². The number of rotatable bonds is 6. The highest BCUT2D eigenvalue weighted by Gasteiger charge is 2.49. The molecule has 0 saturated carbocycles. The summed E-state index contributed by atoms with van der Waals surface area (Å²) in [6.45, 7) is 40.5. The van der Waals surface area contributed by atoms with E-state index in [4.69, 9.17) is 8.83 Å². The van der Waals surface area contributed by atoms with Gasteiger partial charge in [0.05, 0.1) is 22.4 Å². The normalized spacial score (nSPS) is 16.9. The minimum Gasteiger partial charge on any atom is -0.456 e. The Morgan fingerprint density at radius 3 is 1.61 bits per heavy atom. The number of nitrogens with zero attached hydrogens (tertiary/aromatic N) is 3. The van der Waals surface area contributed by atoms with E-state index >= 15 is 0 Å². The summed E-state index contributed by atoms with van der Waals surface area (Å²) in [6.07, 6.45) is 4.44. The fraction of sp³-hybridized carbons (Fsp3) is 0.318. The number of hydrogen-bond acceptors (Lipinski definition) is 5. The maximum atomic E-state index is 7.43. The number of benzene rings is 10. The Morgan fingerprint density at radius 1 is 0.372 bits per heavy atom. The molecule has 2 aromatic heterocycles. The van der Waals surface area contributed by atoms with Crippen molar-refractivity contribution in [1.29, 1.82) is 0 Å². The molecule has 472 valence electrons. The molecule has 0 amide bonds. The van der Waals surface area contributed by atoms with Crippen molar-refractivity contribution >= 4 is 118 Å². The number of hydrogen-bond donors (Lipinski definition) is 0. The van der Waals surface area contributed by atoms with Crippen molar-refractivity contribution in [2.45, 2.75) is 181 Å². The standard InChI is InChI=1S/C88H90BN3O2/c1-82(2,3)54-30-33-57(34-31-54)90(58-27-23-26-55(44-58)83(4,5)6)60-47-73-80-74(48-60)92(71-37-32-56(84(7,8)9)45-62(71)53-24-19-18-20-25-53)81-69(36-39-77-79(81)64-49-65-68(52-78(64)94-77)88(16,17)43-40-85(65,10)11)89(80)70-50-66-67(87(14,15)42-41-86(66,12)13)51-72(70)91(73)59-35-38-76-63(46-59)61-28-21-22-29-75(61)93-76/h18-39,44-52H,40-43H2,1-17H3. The van der Waals surface area contributed by atoms with Crippen LogP contribution < -0.4 is 31.1 Å². The zero-order valence-corrected chi connectivity index (χ0v) is 58.5. The zero-order chi connectivity index (χ0) is 65.7. The van der Waals surface area contributed by atoms with Gasteiger partial charge in [-0.1, -0.05) is 209 Å². The van der Waals surface area contributed by atoms with Crippen molar-refractivity contribution in [1.82, 2.24) is 0 Å². The van der Waals surface area contributed by atoms with Crippen LogP contribution >= 0.6 is 0 Å². The lowest BCUT2D eigenvalue weighted by Crippen LogP contribution is -2.62. The van der Waals surface area contributed by atoms with Gasteiger partial charge in [0.25, 0.3) is 6.71 Å². The second-order valence-corrected chi connectivity index (χ2v) is 33.9. The molecule has 12 aromatic rings. The molecule has 0 fully saturated rings. The lowest BCUT2D eigenvalue weighted by Gasteiger charge is -2.48. The fourth-order valence-corrected chi connectivity index (χ4v) is 16.7. The monoisotopic (exact) mass is 1230 g/mol. The number of anilines is 9. The van der Waals surface area contributed by atoms with Crippen molar-refractivity contribution in [3.63, 3.8) is 0 Å². The van der Waals surface area contributed by atoms with E-state index in [-0.39, 0.29) is 44.6 Å². The van der Waals surface area contributed by atoms with Gasteiger partial charge in [0.15, 0.2) is 0 Å². The summed E-state index contributed by atoms with van der Waals surface area (Å²) in [6, 6.07) is 72.9. The van der Waals surface area contributed by atoms with Gasteiger partial charge in [0, 0.05) is 55.8 Å². The smallest absolute Gasteiger partial charge is 0.252 e. The molecule has 0 unspecified atom stereocenters. The summed E-state index contributed by atoms with van der Waals surface area (Å²) < 4.78 is 14.1. The van der Waals surface area contributed by atoms with Crippen LogP contribution in [-0.4, -0.2) is 6.71 Å². The van der Waals surface area contributed by atoms with Crippen molar-refractivity contribution in [3.8, 4) is 11.1 Å². The maximum absolute atomic E-state index is 7.43. The van der Waals surface area contributed by atoms with Gasteiger partial charge in [-0.3, -0.25) is 0 Å². The molecular formula is C88H90BN3O2. The molecular weight excluding hydrogens is 1140 g/mol. The lowest BCUT2D eigenvalue weighted by molar-refractivity contribution is 0.332. The van der Waals surface area contributed by atoms with E-state index in [1.54, 1.807) is 0 Å². The molecule has 0 spiro atoms. The summed E-state index contributed by atoms with van der Waals surface area (Å²) in [4.78, 5) is 7.92. The Labute approximate surface area is 557 Å². The SMILES string of the molecule is CC(C)(C)c1ccc(N(c2cccc(C(C)(C)C)c2)c2cc3c4c(c2)N(c2ccc(C(C)(C)C)cc2-c2ccccc2)c2c(ccc5oc6cc7c(cc6c25)C(C)(C)CCC7(C)C)B4c2cc4c(cc2N3c2ccc3oc5ccccc5c3c2)C(C)(C)CCC4(C)C)cc1. The Bertz CT molecular complexity index is 5110. The lowest BCUT2D eigenvalue weighted by atomic mass is 9.33. The zero-order valence-electron chi connectivity index (χ0n) is 58.5. The van der Waals surface area contributed by atoms with E-state index in [0.717, 1.165) is 104 Å². The second-order valence-electron chi connectivity index (χ2n) is 33.9. The predicted molar refractivity (Wildman–Crippen MR) is 402 cm³/mol. The Morgan fingerprint density at radius 2 is 0.936 bits per heavy atom. The molecule has 16 rings (SSSR count). The van der Waals surface area contributed by atoms with Gasteiger partial charge in [-0.15, -0.1) is 0 Å². The Kier molecular flexibility index (Phi) is 13.1. The molecule has 4 heterocycles. The van der Waals surface area contributed by atoms with Gasteiger partial charge in [-0.05, 0) is 222 Å². The summed E-state index contributed by atoms with van der Waals surface area (Å²) in [5.41, 5.74) is 29.0. The van der Waals surface area contributed by atoms with E-state index in [1.807, 2.05) is 0 Å². The fourth-order valence-electron chi connectivity index (χ4n) is 16.7. The van der Waals surface area contributed by atoms with Gasteiger partial charge in [0.1, 0.15) is 22.3 Å². The van der Waals surface area contributed by atoms with Crippen LogP contribution in [0.1, 0.15) is 182 Å². The molecule has 0 atom stereocenters. The quantitative estimate of drug-likeness (QED) is 0.155. The highest BCUT2D eigenvalue weighted by Crippen LogP contribution is 2.57. The molecule has 0 N–H and O–H groups in total. The van der Waals surface area contributed by atoms with Gasteiger partial charge < -0.3 is 23.5 Å². The molecule has 10 aromatic carbocycles. The van der Waals surface area contributed by atoms with E-state index in [9.17, 15) is 0 Å². The molecule has 5 nitrogen and oxygen atoms in total. The Balaban J connectivity index is 1.11. The van der Waals surface area contributed by atoms with E-state index in [2.05, 4.69) is 320 Å². The number of fused-ring (bicyclic) bond motifs is 13. The molecule has 6 heteroatoms. The van der Waals surface area contributed by atoms with Crippen LogP contribution in [0.3, 0.4) is 0 Å². The van der Waals surface area contributed by atoms with Crippen molar-refractivity contribution in [2.24, 2.45) is 0 Å². The van der Waals surface area contributed by atoms with E-state index in [0.29, 0.717) is 0 Å². The van der Waals surface area contributed by atoms with Gasteiger partial charge in [-0.25, -0.2) is 0 Å². The molecule has 4 aliphatic rings. The first-order valence-corrected chi connectivity index (χ1v) is 34.6. The first-order chi connectivity index (χ1) is 44.4. The van der Waals surface area contributed by atoms with Crippen LogP contribution in [0, 0.1) is 0 Å². The van der Waals surface area contributed by atoms with Crippen LogP contribution in [0.15, 0.2) is 197 Å². The average Bonchev–Trinajstić information content (AvgIpc) is 1.01. The van der Waals surface area contributed by atoms with Gasteiger partial charge in [-0.2, -0.15) is 0 Å². The van der Waals surface area contributed by atoms with Crippen LogP contribution in [-0.2, 0) is 37.9 Å². The van der Waals surface area contributed by atoms with Crippen molar-refractivity contribution in [3.05, 3.63) is 227 Å². The van der Waals surface area contributed by atoms with Crippen LogP contribution in [0.25, 0.3) is 55.0 Å². The first kappa shape index (κ1) is 60.2. The summed E-state index contributed by atoms with van der Waals surface area (Å²) in [5.74, 6) is 0. The summed E-state index contributed by atoms with van der Waals surface area (Å²) >= 11 is 0. The second kappa shape index (κ2) is 20.4. The minimum atomic E-state index is -0.193. The summed E-state index contributed by atoms with van der Waals surface area (Å²) in [5, 5.41) is 4.53. The molecule has 0 saturated heterocycles. The average molecular weight is 1230 g/mol. The number of furan rings is 2. The van der Waals surface area contributed by atoms with Crippen molar-refractivity contribution in [2.75, 3.05) is 14.7 Å². The third-order valence-electron chi connectivity index (χ3n) is 22.6. The molecule has 2 aliphatic carbocycles. The van der Waals surface area contributed by atoms with Crippen LogP contribution in [0.4, 0.5) is 51.2 Å². The largest absolute Gasteiger partial charge is 0.456 e. The highest BCUT2D eigenvalue weighted by molar-refractivity contribution is 7.00. The highest BCUT2D eigenvalue weighted by atomic mass is 16.3. The third-order valence-corrected chi connectivity index (χ3v) is 22.6. The molecule has 94 heavy (non-hydrogen) atoms. The first-order valence-electron chi connectivity index (χ1n) is 34.6. The molecule has 0 radical (unpaired) electrons. The van der Waals surface area contributed by atoms with E-state index < -0.39 is 0 Å². The van der Waals surface area contributed by atoms with Gasteiger partial charge >= 0.3 is 0 Å². The predicted octanol–water partition coefficient (Wildman–Crippen LogP) is 23.3. The van der Waals surface area contributed by atoms with Crippen LogP contribution in [0.2, 0.25) is 0 Å². The molecule has 0 bridgehead atoms. The molecule has 2 aliphatic heterocycles. The van der Waals surface area contributed by atoms with Crippen LogP contribution in [0.5, 0.6) is 0 Å². The topological polar surface area (TPSA) is 36.0 Å². The maximum Gasteiger partial charge on any atom is 0.252 e. The third kappa shape index (κ3) is 9.37. The number of para-hydroxylation sites is 1. The minimum absolute atomic E-state index is 0.00560. The van der Waals surface area contributed by atoms with E-state index in [1.165, 1.54) is 83.2 Å². The van der Waals surface area contributed by atoms with Crippen molar-refractivity contribution < 1.29 is 8.83 Å².